The number of halogens is 3. The lowest BCUT2D eigenvalue weighted by atomic mass is 10.2. The van der Waals surface area contributed by atoms with Crippen LogP contribution >= 0.6 is 34.2 Å². The number of hydrogen-bond acceptors (Lipinski definition) is 3. The van der Waals surface area contributed by atoms with Crippen LogP contribution in [0.15, 0.2) is 30.5 Å². The van der Waals surface area contributed by atoms with Gasteiger partial charge in [-0.3, -0.25) is 4.79 Å². The fraction of sp³-hybridized carbons (Fsp3) is 0.143. The molecular weight excluding hydrogens is 408 g/mol. The van der Waals surface area contributed by atoms with Crippen LogP contribution in [-0.2, 0) is 0 Å². The highest BCUT2D eigenvalue weighted by Crippen LogP contribution is 2.25. The first-order valence-corrected chi connectivity index (χ1v) is 7.63. The van der Waals surface area contributed by atoms with E-state index in [0.717, 1.165) is 3.57 Å². The zero-order valence-electron chi connectivity index (χ0n) is 11.1. The Labute approximate surface area is 140 Å². The summed E-state index contributed by atoms with van der Waals surface area (Å²) in [5.74, 6) is -1.20. The number of hydrogen-bond donors (Lipinski definition) is 2. The van der Waals surface area contributed by atoms with Gasteiger partial charge in [-0.2, -0.15) is 0 Å². The highest BCUT2D eigenvalue weighted by Gasteiger charge is 2.16. The van der Waals surface area contributed by atoms with Crippen LogP contribution in [-0.4, -0.2) is 17.4 Å². The molecule has 1 aromatic carbocycles. The van der Waals surface area contributed by atoms with Gasteiger partial charge in [0.05, 0.1) is 16.3 Å². The summed E-state index contributed by atoms with van der Waals surface area (Å²) in [5.41, 5.74) is 0.346. The molecular formula is C14H12ClFIN3O. The highest BCUT2D eigenvalue weighted by atomic mass is 127. The van der Waals surface area contributed by atoms with Crippen molar-refractivity contribution >= 4 is 51.6 Å². The number of benzene rings is 1. The van der Waals surface area contributed by atoms with Crippen molar-refractivity contribution in [3.8, 4) is 0 Å². The van der Waals surface area contributed by atoms with Gasteiger partial charge in [-0.05, 0) is 53.8 Å². The summed E-state index contributed by atoms with van der Waals surface area (Å²) in [6.45, 7) is 2.33. The van der Waals surface area contributed by atoms with Gasteiger partial charge in [0, 0.05) is 16.3 Å². The Hall–Kier alpha value is -1.41. The first-order valence-electron chi connectivity index (χ1n) is 6.17. The molecule has 0 atom stereocenters. The van der Waals surface area contributed by atoms with Crippen molar-refractivity contribution < 1.29 is 9.18 Å². The molecule has 0 unspecified atom stereocenters. The van der Waals surface area contributed by atoms with Gasteiger partial charge in [0.1, 0.15) is 0 Å². The van der Waals surface area contributed by atoms with Gasteiger partial charge in [-0.25, -0.2) is 9.37 Å². The molecule has 0 radical (unpaired) electrons. The van der Waals surface area contributed by atoms with Gasteiger partial charge in [-0.1, -0.05) is 11.6 Å². The molecule has 0 bridgehead atoms. The maximum atomic E-state index is 14.2. The third-order valence-electron chi connectivity index (χ3n) is 2.66. The Bertz CT molecular complexity index is 681. The van der Waals surface area contributed by atoms with Crippen LogP contribution in [0.4, 0.5) is 15.9 Å². The molecule has 7 heteroatoms. The maximum absolute atomic E-state index is 14.2. The lowest BCUT2D eigenvalue weighted by Gasteiger charge is -2.10. The number of carbonyl (C=O) groups is 1. The van der Waals surface area contributed by atoms with Gasteiger partial charge >= 0.3 is 0 Å². The van der Waals surface area contributed by atoms with E-state index in [0.29, 0.717) is 17.3 Å². The van der Waals surface area contributed by atoms with Crippen LogP contribution in [0.1, 0.15) is 17.3 Å². The number of nitrogens with one attached hydrogen (secondary N) is 2. The van der Waals surface area contributed by atoms with Crippen molar-refractivity contribution in [3.63, 3.8) is 0 Å². The molecule has 0 saturated heterocycles. The Morgan fingerprint density at radius 1 is 1.43 bits per heavy atom. The molecule has 4 nitrogen and oxygen atoms in total. The molecule has 2 aromatic rings. The van der Waals surface area contributed by atoms with Gasteiger partial charge in [-0.15, -0.1) is 0 Å². The van der Waals surface area contributed by atoms with Crippen molar-refractivity contribution in [1.29, 1.82) is 0 Å². The lowest BCUT2D eigenvalue weighted by molar-refractivity contribution is 0.102. The molecule has 1 heterocycles. The Kier molecular flexibility index (Phi) is 5.35. The maximum Gasteiger partial charge on any atom is 0.258 e. The van der Waals surface area contributed by atoms with E-state index >= 15 is 0 Å². The SMILES string of the molecule is CCNc1nccc(C(=O)Nc2ccc(I)cc2Cl)c1F. The number of anilines is 2. The second-order valence-electron chi connectivity index (χ2n) is 4.13. The first kappa shape index (κ1) is 16.0. The van der Waals surface area contributed by atoms with Crippen LogP contribution in [0.3, 0.4) is 0 Å². The van der Waals surface area contributed by atoms with Crippen molar-refractivity contribution in [2.45, 2.75) is 6.92 Å². The van der Waals surface area contributed by atoms with E-state index in [4.69, 9.17) is 11.6 Å². The number of aromatic nitrogens is 1. The summed E-state index contributed by atoms with van der Waals surface area (Å²) in [7, 11) is 0. The van der Waals surface area contributed by atoms with Crippen molar-refractivity contribution in [1.82, 2.24) is 4.98 Å². The third-order valence-corrected chi connectivity index (χ3v) is 3.64. The summed E-state index contributed by atoms with van der Waals surface area (Å²) < 4.78 is 15.1. The molecule has 0 aliphatic carbocycles. The second-order valence-corrected chi connectivity index (χ2v) is 5.78. The molecule has 0 saturated carbocycles. The summed E-state index contributed by atoms with van der Waals surface area (Å²) in [6, 6.07) is 6.51. The summed E-state index contributed by atoms with van der Waals surface area (Å²) >= 11 is 8.16. The summed E-state index contributed by atoms with van der Waals surface area (Å²) in [6.07, 6.45) is 1.38. The van der Waals surface area contributed by atoms with E-state index in [1.54, 1.807) is 18.2 Å². The van der Waals surface area contributed by atoms with Crippen LogP contribution in [0.2, 0.25) is 5.02 Å². The first-order chi connectivity index (χ1) is 10.0. The quantitative estimate of drug-likeness (QED) is 0.732. The number of rotatable bonds is 4. The van der Waals surface area contributed by atoms with Crippen LogP contribution in [0.25, 0.3) is 0 Å². The standard InChI is InChI=1S/C14H12ClFIN3O/c1-2-18-13-12(16)9(5-6-19-13)14(21)20-11-4-3-8(17)7-10(11)15/h3-7H,2H2,1H3,(H,18,19)(H,20,21). The number of nitrogens with zero attached hydrogens (tertiary/aromatic N) is 1. The van der Waals surface area contributed by atoms with E-state index in [1.807, 2.05) is 6.92 Å². The predicted octanol–water partition coefficient (Wildman–Crippen LogP) is 4.16. The van der Waals surface area contributed by atoms with Crippen LogP contribution in [0, 0.1) is 9.39 Å². The van der Waals surface area contributed by atoms with Gasteiger partial charge in [0.2, 0.25) is 0 Å². The monoisotopic (exact) mass is 419 g/mol. The Morgan fingerprint density at radius 3 is 2.86 bits per heavy atom. The van der Waals surface area contributed by atoms with Crippen LogP contribution in [0.5, 0.6) is 0 Å². The minimum atomic E-state index is -0.682. The van der Waals surface area contributed by atoms with Crippen molar-refractivity contribution in [3.05, 3.63) is 50.4 Å². The zero-order chi connectivity index (χ0) is 15.4. The molecule has 1 amide bonds. The van der Waals surface area contributed by atoms with Gasteiger partial charge in [0.25, 0.3) is 5.91 Å². The van der Waals surface area contributed by atoms with E-state index in [-0.39, 0.29) is 11.4 Å². The van der Waals surface area contributed by atoms with Gasteiger partial charge in [0.15, 0.2) is 11.6 Å². The van der Waals surface area contributed by atoms with E-state index in [1.165, 1.54) is 12.3 Å². The van der Waals surface area contributed by atoms with E-state index < -0.39 is 11.7 Å². The smallest absolute Gasteiger partial charge is 0.258 e. The number of pyridine rings is 1. The molecule has 1 aromatic heterocycles. The minimum absolute atomic E-state index is 0.0545. The normalized spacial score (nSPS) is 10.3. The summed E-state index contributed by atoms with van der Waals surface area (Å²) in [5, 5.41) is 5.75. The third kappa shape index (κ3) is 3.82. The minimum Gasteiger partial charge on any atom is -0.368 e. The second kappa shape index (κ2) is 7.04. The van der Waals surface area contributed by atoms with Crippen LogP contribution < -0.4 is 10.6 Å². The lowest BCUT2D eigenvalue weighted by Crippen LogP contribution is -2.16. The summed E-state index contributed by atoms with van der Waals surface area (Å²) in [4.78, 5) is 16.0. The fourth-order valence-corrected chi connectivity index (χ4v) is 2.59. The Morgan fingerprint density at radius 2 is 2.19 bits per heavy atom. The van der Waals surface area contributed by atoms with Crippen molar-refractivity contribution in [2.75, 3.05) is 17.2 Å². The highest BCUT2D eigenvalue weighted by molar-refractivity contribution is 14.1. The zero-order valence-corrected chi connectivity index (χ0v) is 14.0. The Balaban J connectivity index is 2.26. The molecule has 0 fully saturated rings. The van der Waals surface area contributed by atoms with Gasteiger partial charge < -0.3 is 10.6 Å². The van der Waals surface area contributed by atoms with E-state index in [2.05, 4.69) is 38.2 Å². The molecule has 2 N–H and O–H groups in total. The topological polar surface area (TPSA) is 54.0 Å². The molecule has 0 aliphatic heterocycles. The molecule has 110 valence electrons. The average Bonchev–Trinajstić information content (AvgIpc) is 2.44. The molecule has 2 rings (SSSR count). The van der Waals surface area contributed by atoms with E-state index in [9.17, 15) is 9.18 Å². The molecule has 0 aliphatic rings. The predicted molar refractivity (Wildman–Crippen MR) is 90.5 cm³/mol. The van der Waals surface area contributed by atoms with Crippen molar-refractivity contribution in [2.24, 2.45) is 0 Å². The largest absolute Gasteiger partial charge is 0.368 e. The number of carbonyl (C=O) groups excluding carboxylic acids is 1. The fourth-order valence-electron chi connectivity index (χ4n) is 1.69. The number of amides is 1. The molecule has 0 spiro atoms. The molecule has 21 heavy (non-hydrogen) atoms. The average molecular weight is 420 g/mol.